The second-order valence-corrected chi connectivity index (χ2v) is 5.41. The first kappa shape index (κ1) is 17.4. The quantitative estimate of drug-likeness (QED) is 0.721. The maximum atomic E-state index is 11.8. The monoisotopic (exact) mass is 322 g/mol. The summed E-state index contributed by atoms with van der Waals surface area (Å²) < 4.78 is 16.6. The average Bonchev–Trinajstić information content (AvgIpc) is 2.79. The number of fused-ring (bicyclic) bond motifs is 1. The molecular formula is C17H26N2O4. The van der Waals surface area contributed by atoms with Crippen molar-refractivity contribution in [1.82, 2.24) is 5.32 Å². The SMILES string of the molecule is CCCCOCCCNC(=O)Nc1ccc2c(c1)OCCCO2. The highest BCUT2D eigenvalue weighted by Gasteiger charge is 2.11. The summed E-state index contributed by atoms with van der Waals surface area (Å²) in [4.78, 5) is 11.8. The first-order valence-corrected chi connectivity index (χ1v) is 8.32. The predicted octanol–water partition coefficient (Wildman–Crippen LogP) is 3.18. The molecule has 2 amide bonds. The Bertz CT molecular complexity index is 493. The lowest BCUT2D eigenvalue weighted by molar-refractivity contribution is 0.129. The molecule has 2 rings (SSSR count). The van der Waals surface area contributed by atoms with Crippen LogP contribution in [0.3, 0.4) is 0 Å². The lowest BCUT2D eigenvalue weighted by atomic mass is 10.3. The van der Waals surface area contributed by atoms with Crippen LogP contribution >= 0.6 is 0 Å². The van der Waals surface area contributed by atoms with Gasteiger partial charge in [0.15, 0.2) is 11.5 Å². The van der Waals surface area contributed by atoms with E-state index in [9.17, 15) is 4.79 Å². The van der Waals surface area contributed by atoms with Crippen molar-refractivity contribution in [2.24, 2.45) is 0 Å². The van der Waals surface area contributed by atoms with Gasteiger partial charge in [-0.15, -0.1) is 0 Å². The zero-order valence-corrected chi connectivity index (χ0v) is 13.7. The minimum atomic E-state index is -0.229. The molecule has 0 unspecified atom stereocenters. The van der Waals surface area contributed by atoms with Gasteiger partial charge in [-0.3, -0.25) is 0 Å². The van der Waals surface area contributed by atoms with Crippen molar-refractivity contribution in [3.63, 3.8) is 0 Å². The number of rotatable bonds is 8. The van der Waals surface area contributed by atoms with Crippen molar-refractivity contribution in [3.8, 4) is 11.5 Å². The third-order valence-electron chi connectivity index (χ3n) is 3.40. The molecule has 0 saturated heterocycles. The van der Waals surface area contributed by atoms with Gasteiger partial charge in [-0.2, -0.15) is 0 Å². The normalized spacial score (nSPS) is 13.3. The molecule has 0 atom stereocenters. The summed E-state index contributed by atoms with van der Waals surface area (Å²) in [6.45, 7) is 5.46. The number of amides is 2. The van der Waals surface area contributed by atoms with E-state index in [4.69, 9.17) is 14.2 Å². The van der Waals surface area contributed by atoms with E-state index in [0.29, 0.717) is 37.8 Å². The maximum absolute atomic E-state index is 11.8. The Labute approximate surface area is 137 Å². The van der Waals surface area contributed by atoms with Crippen LogP contribution in [0.25, 0.3) is 0 Å². The van der Waals surface area contributed by atoms with Crippen molar-refractivity contribution in [2.45, 2.75) is 32.6 Å². The van der Waals surface area contributed by atoms with E-state index in [2.05, 4.69) is 17.6 Å². The molecule has 0 bridgehead atoms. The van der Waals surface area contributed by atoms with Gasteiger partial charge >= 0.3 is 6.03 Å². The topological polar surface area (TPSA) is 68.8 Å². The highest BCUT2D eigenvalue weighted by Crippen LogP contribution is 2.32. The number of ether oxygens (including phenoxy) is 3. The summed E-state index contributed by atoms with van der Waals surface area (Å²) in [6.07, 6.45) is 3.88. The molecule has 1 aliphatic rings. The number of carbonyl (C=O) groups excluding carboxylic acids is 1. The van der Waals surface area contributed by atoms with E-state index >= 15 is 0 Å². The number of nitrogens with one attached hydrogen (secondary N) is 2. The van der Waals surface area contributed by atoms with Crippen molar-refractivity contribution in [3.05, 3.63) is 18.2 Å². The van der Waals surface area contributed by atoms with Crippen LogP contribution in [-0.4, -0.2) is 39.0 Å². The smallest absolute Gasteiger partial charge is 0.319 e. The van der Waals surface area contributed by atoms with E-state index in [1.807, 2.05) is 6.07 Å². The lowest BCUT2D eigenvalue weighted by Crippen LogP contribution is -2.30. The number of carbonyl (C=O) groups is 1. The molecule has 6 nitrogen and oxygen atoms in total. The molecule has 0 aromatic heterocycles. The highest BCUT2D eigenvalue weighted by molar-refractivity contribution is 5.89. The fourth-order valence-corrected chi connectivity index (χ4v) is 2.14. The Morgan fingerprint density at radius 2 is 1.96 bits per heavy atom. The van der Waals surface area contributed by atoms with Crippen LogP contribution in [-0.2, 0) is 4.74 Å². The Hall–Kier alpha value is -1.95. The number of benzene rings is 1. The van der Waals surface area contributed by atoms with E-state index in [1.165, 1.54) is 0 Å². The third-order valence-corrected chi connectivity index (χ3v) is 3.40. The van der Waals surface area contributed by atoms with Crippen LogP contribution in [0.1, 0.15) is 32.6 Å². The van der Waals surface area contributed by atoms with E-state index in [1.54, 1.807) is 12.1 Å². The summed E-state index contributed by atoms with van der Waals surface area (Å²) in [7, 11) is 0. The van der Waals surface area contributed by atoms with Crippen molar-refractivity contribution in [2.75, 3.05) is 38.3 Å². The van der Waals surface area contributed by atoms with Gasteiger partial charge in [0, 0.05) is 37.9 Å². The summed E-state index contributed by atoms with van der Waals surface area (Å²) in [5.41, 5.74) is 0.686. The van der Waals surface area contributed by atoms with Gasteiger partial charge in [0.05, 0.1) is 13.2 Å². The molecule has 0 spiro atoms. The maximum Gasteiger partial charge on any atom is 0.319 e. The number of urea groups is 1. The Kier molecular flexibility index (Phi) is 7.52. The molecule has 0 radical (unpaired) electrons. The largest absolute Gasteiger partial charge is 0.490 e. The molecule has 1 heterocycles. The number of hydrogen-bond donors (Lipinski definition) is 2. The van der Waals surface area contributed by atoms with Gasteiger partial charge < -0.3 is 24.8 Å². The summed E-state index contributed by atoms with van der Waals surface area (Å²) in [5, 5.41) is 5.61. The zero-order valence-electron chi connectivity index (χ0n) is 13.7. The molecule has 1 aromatic rings. The van der Waals surface area contributed by atoms with Crippen LogP contribution in [0.5, 0.6) is 11.5 Å². The number of hydrogen-bond acceptors (Lipinski definition) is 4. The highest BCUT2D eigenvalue weighted by atomic mass is 16.5. The molecule has 0 fully saturated rings. The van der Waals surface area contributed by atoms with E-state index in [0.717, 1.165) is 38.0 Å². The van der Waals surface area contributed by atoms with Crippen molar-refractivity contribution in [1.29, 1.82) is 0 Å². The molecule has 128 valence electrons. The van der Waals surface area contributed by atoms with Crippen LogP contribution in [0, 0.1) is 0 Å². The molecule has 1 aliphatic heterocycles. The first-order valence-electron chi connectivity index (χ1n) is 8.32. The Balaban J connectivity index is 1.68. The standard InChI is InChI=1S/C17H26N2O4/c1-2-3-9-21-10-4-8-18-17(20)19-14-6-7-15-16(13-14)23-12-5-11-22-15/h6-7,13H,2-5,8-12H2,1H3,(H2,18,19,20). The molecule has 0 saturated carbocycles. The second kappa shape index (κ2) is 9.94. The molecule has 1 aromatic carbocycles. The van der Waals surface area contributed by atoms with E-state index < -0.39 is 0 Å². The summed E-state index contributed by atoms with van der Waals surface area (Å²) in [5.74, 6) is 1.39. The van der Waals surface area contributed by atoms with Crippen molar-refractivity contribution < 1.29 is 19.0 Å². The van der Waals surface area contributed by atoms with Gasteiger partial charge in [0.25, 0.3) is 0 Å². The minimum Gasteiger partial charge on any atom is -0.490 e. The predicted molar refractivity (Wildman–Crippen MR) is 89.4 cm³/mol. The second-order valence-electron chi connectivity index (χ2n) is 5.41. The summed E-state index contributed by atoms with van der Waals surface area (Å²) in [6, 6.07) is 5.18. The molecule has 6 heteroatoms. The minimum absolute atomic E-state index is 0.229. The van der Waals surface area contributed by atoms with Gasteiger partial charge in [-0.05, 0) is 25.0 Å². The number of anilines is 1. The Morgan fingerprint density at radius 3 is 2.78 bits per heavy atom. The third kappa shape index (κ3) is 6.36. The average molecular weight is 322 g/mol. The number of unbranched alkanes of at least 4 members (excludes halogenated alkanes) is 1. The van der Waals surface area contributed by atoms with Crippen molar-refractivity contribution >= 4 is 11.7 Å². The van der Waals surface area contributed by atoms with Crippen LogP contribution in [0.15, 0.2) is 18.2 Å². The molecule has 23 heavy (non-hydrogen) atoms. The zero-order chi connectivity index (χ0) is 16.3. The fourth-order valence-electron chi connectivity index (χ4n) is 2.14. The van der Waals surface area contributed by atoms with Gasteiger partial charge in [0.2, 0.25) is 0 Å². The van der Waals surface area contributed by atoms with Gasteiger partial charge in [-0.1, -0.05) is 13.3 Å². The van der Waals surface area contributed by atoms with Gasteiger partial charge in [0.1, 0.15) is 0 Å². The summed E-state index contributed by atoms with van der Waals surface area (Å²) >= 11 is 0. The lowest BCUT2D eigenvalue weighted by Gasteiger charge is -2.11. The molecule has 2 N–H and O–H groups in total. The van der Waals surface area contributed by atoms with Gasteiger partial charge in [-0.25, -0.2) is 4.79 Å². The van der Waals surface area contributed by atoms with Crippen LogP contribution in [0.2, 0.25) is 0 Å². The Morgan fingerprint density at radius 1 is 1.17 bits per heavy atom. The van der Waals surface area contributed by atoms with Crippen LogP contribution in [0.4, 0.5) is 10.5 Å². The van der Waals surface area contributed by atoms with Crippen LogP contribution < -0.4 is 20.1 Å². The molecule has 0 aliphatic carbocycles. The first-order chi connectivity index (χ1) is 11.3. The van der Waals surface area contributed by atoms with E-state index in [-0.39, 0.29) is 6.03 Å². The molecular weight excluding hydrogens is 296 g/mol. The fraction of sp³-hybridized carbons (Fsp3) is 0.588.